The number of aromatic nitrogens is 1. The first kappa shape index (κ1) is 26.2. The summed E-state index contributed by atoms with van der Waals surface area (Å²) in [6.45, 7) is 5.18. The predicted molar refractivity (Wildman–Crippen MR) is 141 cm³/mol. The number of aliphatic hydroxyl groups excluding tert-OH is 1. The maximum Gasteiger partial charge on any atom is 0.341 e. The van der Waals surface area contributed by atoms with E-state index in [1.165, 1.54) is 0 Å². The number of halogens is 1. The number of para-hydroxylation sites is 1. The molecular weight excluding hydrogens is 468 g/mol. The molecule has 0 saturated carbocycles. The van der Waals surface area contributed by atoms with Crippen molar-refractivity contribution < 1.29 is 24.5 Å². The van der Waals surface area contributed by atoms with E-state index >= 15 is 0 Å². The van der Waals surface area contributed by atoms with Crippen LogP contribution in [0.3, 0.4) is 0 Å². The molecule has 7 nitrogen and oxygen atoms in total. The lowest BCUT2D eigenvalue weighted by Gasteiger charge is -2.29. The highest BCUT2D eigenvalue weighted by molar-refractivity contribution is 6.10. The minimum absolute atomic E-state index is 0. The van der Waals surface area contributed by atoms with Crippen molar-refractivity contribution in [2.24, 2.45) is 5.92 Å². The van der Waals surface area contributed by atoms with Crippen LogP contribution >= 0.6 is 12.4 Å². The van der Waals surface area contributed by atoms with Crippen LogP contribution in [0.25, 0.3) is 21.8 Å². The van der Waals surface area contributed by atoms with E-state index in [2.05, 4.69) is 29.8 Å². The van der Waals surface area contributed by atoms with Crippen LogP contribution in [-0.4, -0.2) is 53.6 Å². The van der Waals surface area contributed by atoms with Gasteiger partial charge >= 0.3 is 5.97 Å². The van der Waals surface area contributed by atoms with Crippen LogP contribution in [0.15, 0.2) is 66.7 Å². The first-order chi connectivity index (χ1) is 16.4. The maximum absolute atomic E-state index is 10.8. The molecule has 1 atom stereocenters. The molecule has 0 aliphatic rings. The molecule has 0 fully saturated rings. The summed E-state index contributed by atoms with van der Waals surface area (Å²) in [5, 5.41) is 21.7. The number of benzene rings is 3. The number of aliphatic carboxylic acids is 1. The van der Waals surface area contributed by atoms with E-state index in [0.717, 1.165) is 39.8 Å². The minimum Gasteiger partial charge on any atom is -0.490 e. The summed E-state index contributed by atoms with van der Waals surface area (Å²) < 4.78 is 11.3. The van der Waals surface area contributed by atoms with Crippen LogP contribution in [0, 0.1) is 5.92 Å². The lowest BCUT2D eigenvalue weighted by atomic mass is 10.1. The van der Waals surface area contributed by atoms with E-state index in [-0.39, 0.29) is 25.6 Å². The maximum atomic E-state index is 10.8. The molecule has 8 heteroatoms. The van der Waals surface area contributed by atoms with E-state index in [9.17, 15) is 9.90 Å². The number of rotatable bonds is 11. The normalized spacial score (nSPS) is 11.9. The van der Waals surface area contributed by atoms with Crippen molar-refractivity contribution in [1.29, 1.82) is 0 Å². The van der Waals surface area contributed by atoms with Crippen LogP contribution in [-0.2, 0) is 4.79 Å². The molecule has 0 spiro atoms. The molecule has 1 heterocycles. The second kappa shape index (κ2) is 11.8. The summed E-state index contributed by atoms with van der Waals surface area (Å²) >= 11 is 0. The molecule has 4 rings (SSSR count). The van der Waals surface area contributed by atoms with Crippen molar-refractivity contribution in [2.45, 2.75) is 20.0 Å². The molecule has 4 aromatic rings. The molecule has 0 bridgehead atoms. The van der Waals surface area contributed by atoms with Gasteiger partial charge in [-0.3, -0.25) is 0 Å². The number of anilines is 1. The van der Waals surface area contributed by atoms with Crippen molar-refractivity contribution in [3.05, 3.63) is 66.7 Å². The Balaban J connectivity index is 0.00000342. The second-order valence-electron chi connectivity index (χ2n) is 8.79. The third-order valence-corrected chi connectivity index (χ3v) is 5.50. The highest BCUT2D eigenvalue weighted by atomic mass is 35.5. The highest BCUT2D eigenvalue weighted by Crippen LogP contribution is 2.33. The second-order valence-corrected chi connectivity index (χ2v) is 8.79. The Hall–Kier alpha value is -3.42. The number of hydrogen-bond acceptors (Lipinski definition) is 5. The summed E-state index contributed by atoms with van der Waals surface area (Å²) in [6, 6.07) is 21.2. The van der Waals surface area contributed by atoms with Gasteiger partial charge in [-0.1, -0.05) is 38.1 Å². The van der Waals surface area contributed by atoms with Crippen LogP contribution < -0.4 is 14.4 Å². The summed E-state index contributed by atoms with van der Waals surface area (Å²) in [5.41, 5.74) is 2.97. The topological polar surface area (TPSA) is 95.0 Å². The number of ether oxygens (including phenoxy) is 2. The highest BCUT2D eigenvalue weighted by Gasteiger charge is 2.16. The average Bonchev–Trinajstić information content (AvgIpc) is 3.20. The van der Waals surface area contributed by atoms with Gasteiger partial charge in [0.15, 0.2) is 6.61 Å². The summed E-state index contributed by atoms with van der Waals surface area (Å²) in [5.74, 6) is 0.601. The summed E-state index contributed by atoms with van der Waals surface area (Å²) in [6.07, 6.45) is -0.706. The van der Waals surface area contributed by atoms with Gasteiger partial charge in [0.2, 0.25) is 0 Å². The Morgan fingerprint density at radius 3 is 2.37 bits per heavy atom. The van der Waals surface area contributed by atoms with Gasteiger partial charge in [-0.15, -0.1) is 12.4 Å². The van der Waals surface area contributed by atoms with Crippen molar-refractivity contribution in [2.75, 3.05) is 31.2 Å². The van der Waals surface area contributed by atoms with Crippen LogP contribution in [0.1, 0.15) is 13.8 Å². The quantitative estimate of drug-likeness (QED) is 0.266. The fourth-order valence-electron chi connectivity index (χ4n) is 4.11. The number of nitrogens with one attached hydrogen (secondary N) is 1. The summed E-state index contributed by atoms with van der Waals surface area (Å²) in [7, 11) is 0. The standard InChI is InChI=1S/C27H30N2O5.ClH/c1-18(2)14-29(19-10-12-21(13-11-19)33-17-26(31)32)15-20(30)16-34-25-9-5-8-24-27(25)22-6-3-4-7-23(22)28-24;/h3-13,18,20,28,30H,14-17H2,1-2H3,(H,31,32);1H/t20-;/m0./s1. The van der Waals surface area contributed by atoms with Crippen LogP contribution in [0.4, 0.5) is 5.69 Å². The zero-order chi connectivity index (χ0) is 24.1. The number of H-pyrrole nitrogens is 1. The van der Waals surface area contributed by atoms with Crippen molar-refractivity contribution in [3.63, 3.8) is 0 Å². The number of carboxylic acid groups (broad SMARTS) is 1. The zero-order valence-corrected chi connectivity index (χ0v) is 20.6. The predicted octanol–water partition coefficient (Wildman–Crippen LogP) is 5.11. The monoisotopic (exact) mass is 498 g/mol. The largest absolute Gasteiger partial charge is 0.490 e. The van der Waals surface area contributed by atoms with Crippen LogP contribution in [0.5, 0.6) is 11.5 Å². The number of aliphatic hydroxyl groups is 1. The number of carbonyl (C=O) groups is 1. The number of nitrogens with zero attached hydrogens (tertiary/aromatic N) is 1. The van der Waals surface area contributed by atoms with E-state index in [1.54, 1.807) is 12.1 Å². The lowest BCUT2D eigenvalue weighted by Crippen LogP contribution is -2.37. The Kier molecular flexibility index (Phi) is 8.84. The van der Waals surface area contributed by atoms with E-state index < -0.39 is 12.1 Å². The Labute approximate surface area is 210 Å². The van der Waals surface area contributed by atoms with Crippen molar-refractivity contribution >= 4 is 45.9 Å². The first-order valence-electron chi connectivity index (χ1n) is 11.4. The molecule has 186 valence electrons. The molecule has 0 unspecified atom stereocenters. The smallest absolute Gasteiger partial charge is 0.341 e. The van der Waals surface area contributed by atoms with Crippen molar-refractivity contribution in [3.8, 4) is 11.5 Å². The third kappa shape index (κ3) is 6.59. The lowest BCUT2D eigenvalue weighted by molar-refractivity contribution is -0.139. The molecule has 1 aromatic heterocycles. The molecule has 3 aromatic carbocycles. The third-order valence-electron chi connectivity index (χ3n) is 5.50. The van der Waals surface area contributed by atoms with Gasteiger partial charge in [-0.05, 0) is 48.4 Å². The Bertz CT molecular complexity index is 1260. The number of aromatic amines is 1. The van der Waals surface area contributed by atoms with E-state index in [0.29, 0.717) is 18.2 Å². The molecule has 0 aliphatic carbocycles. The Morgan fingerprint density at radius 2 is 1.66 bits per heavy atom. The van der Waals surface area contributed by atoms with Gasteiger partial charge in [0.05, 0.1) is 5.52 Å². The number of hydrogen-bond donors (Lipinski definition) is 3. The van der Waals surface area contributed by atoms with Gasteiger partial charge in [0, 0.05) is 35.1 Å². The van der Waals surface area contributed by atoms with Gasteiger partial charge in [-0.2, -0.15) is 0 Å². The number of carboxylic acids is 1. The van der Waals surface area contributed by atoms with Crippen molar-refractivity contribution in [1.82, 2.24) is 4.98 Å². The average molecular weight is 499 g/mol. The molecule has 0 radical (unpaired) electrons. The molecular formula is C27H31ClN2O5. The Morgan fingerprint density at radius 1 is 0.943 bits per heavy atom. The SMILES string of the molecule is CC(C)CN(C[C@H](O)COc1cccc2[nH]c3ccccc3c12)c1ccc(OCC(=O)O)cc1.Cl. The van der Waals surface area contributed by atoms with Gasteiger partial charge in [0.25, 0.3) is 0 Å². The fraction of sp³-hybridized carbons (Fsp3) is 0.296. The van der Waals surface area contributed by atoms with Gasteiger partial charge in [-0.25, -0.2) is 4.79 Å². The fourth-order valence-corrected chi connectivity index (χ4v) is 4.11. The van der Waals surface area contributed by atoms with Gasteiger partial charge < -0.3 is 29.6 Å². The molecule has 0 saturated heterocycles. The van der Waals surface area contributed by atoms with E-state index in [1.807, 2.05) is 48.5 Å². The van der Waals surface area contributed by atoms with Gasteiger partial charge in [0.1, 0.15) is 24.2 Å². The molecule has 3 N–H and O–H groups in total. The molecule has 0 aliphatic heterocycles. The molecule has 0 amide bonds. The summed E-state index contributed by atoms with van der Waals surface area (Å²) in [4.78, 5) is 16.2. The first-order valence-corrected chi connectivity index (χ1v) is 11.4. The number of fused-ring (bicyclic) bond motifs is 3. The van der Waals surface area contributed by atoms with Crippen LogP contribution in [0.2, 0.25) is 0 Å². The molecule has 35 heavy (non-hydrogen) atoms. The zero-order valence-electron chi connectivity index (χ0n) is 19.8. The van der Waals surface area contributed by atoms with E-state index in [4.69, 9.17) is 14.6 Å². The minimum atomic E-state index is -1.02.